The Morgan fingerprint density at radius 3 is 2.60 bits per heavy atom. The van der Waals surface area contributed by atoms with Gasteiger partial charge in [-0.1, -0.05) is 47.0 Å². The second kappa shape index (κ2) is 8.72. The van der Waals surface area contributed by atoms with Crippen LogP contribution in [0.3, 0.4) is 0 Å². The van der Waals surface area contributed by atoms with Crippen LogP contribution in [0.4, 0.5) is 5.82 Å². The lowest BCUT2D eigenvalue weighted by molar-refractivity contribution is 0.0940. The smallest absolute Gasteiger partial charge is 0.169 e. The molecule has 0 spiro atoms. The second-order valence-electron chi connectivity index (χ2n) is 5.69. The van der Waals surface area contributed by atoms with Crippen LogP contribution in [0.25, 0.3) is 0 Å². The van der Waals surface area contributed by atoms with Crippen molar-refractivity contribution >= 4 is 11.6 Å². The van der Waals surface area contributed by atoms with Crippen molar-refractivity contribution in [3.63, 3.8) is 0 Å². The third-order valence-electron chi connectivity index (χ3n) is 3.48. The van der Waals surface area contributed by atoms with Gasteiger partial charge in [-0.15, -0.1) is 0 Å². The molecule has 1 heterocycles. The van der Waals surface area contributed by atoms with Gasteiger partial charge in [0, 0.05) is 18.2 Å². The maximum Gasteiger partial charge on any atom is 0.169 e. The number of nitrogens with one attached hydrogen (secondary N) is 1. The molecule has 0 fully saturated rings. The first kappa shape index (κ1) is 16.7. The summed E-state index contributed by atoms with van der Waals surface area (Å²) in [6.07, 6.45) is 7.55. The first-order valence-electron chi connectivity index (χ1n) is 7.85. The third kappa shape index (κ3) is 4.95. The van der Waals surface area contributed by atoms with Gasteiger partial charge in [0.15, 0.2) is 5.78 Å². The maximum atomic E-state index is 12.2. The van der Waals surface area contributed by atoms with Crippen LogP contribution in [0, 0.1) is 5.92 Å². The van der Waals surface area contributed by atoms with E-state index in [9.17, 15) is 4.79 Å². The van der Waals surface area contributed by atoms with Gasteiger partial charge in [0.2, 0.25) is 0 Å². The number of hydrogen-bond acceptors (Lipinski definition) is 3. The van der Waals surface area contributed by atoms with E-state index >= 15 is 0 Å². The number of nitrogens with zero attached hydrogens (tertiary/aromatic N) is 1. The van der Waals surface area contributed by atoms with Crippen molar-refractivity contribution in [1.82, 2.24) is 4.98 Å². The summed E-state index contributed by atoms with van der Waals surface area (Å²) in [6, 6.07) is 4.12. The van der Waals surface area contributed by atoms with Gasteiger partial charge in [-0.05, 0) is 25.0 Å². The Morgan fingerprint density at radius 1 is 1.25 bits per heavy atom. The highest BCUT2D eigenvalue weighted by molar-refractivity contribution is 6.01. The molecule has 0 saturated heterocycles. The van der Waals surface area contributed by atoms with Crippen LogP contribution in [0.5, 0.6) is 0 Å². The van der Waals surface area contributed by atoms with Crippen LogP contribution < -0.4 is 5.32 Å². The summed E-state index contributed by atoms with van der Waals surface area (Å²) in [7, 11) is 0. The monoisotopic (exact) mass is 276 g/mol. The average Bonchev–Trinajstić information content (AvgIpc) is 2.44. The SMILES string of the molecule is CCCCC(CCC)Nc1ncccc1C(=O)C(C)C. The van der Waals surface area contributed by atoms with E-state index < -0.39 is 0 Å². The highest BCUT2D eigenvalue weighted by Crippen LogP contribution is 2.20. The molecular formula is C17H28N2O. The number of Topliss-reactive ketones (excluding diaryl/α,β-unsaturated/α-hetero) is 1. The molecule has 3 nitrogen and oxygen atoms in total. The molecule has 0 bridgehead atoms. The molecule has 0 aliphatic heterocycles. The third-order valence-corrected chi connectivity index (χ3v) is 3.48. The minimum absolute atomic E-state index is 0.0000157. The van der Waals surface area contributed by atoms with E-state index in [0.717, 1.165) is 30.6 Å². The van der Waals surface area contributed by atoms with Crippen LogP contribution in [0.1, 0.15) is 70.2 Å². The number of carbonyl (C=O) groups is 1. The first-order valence-corrected chi connectivity index (χ1v) is 7.85. The number of anilines is 1. The van der Waals surface area contributed by atoms with Crippen LogP contribution in [0.2, 0.25) is 0 Å². The summed E-state index contributed by atoms with van der Waals surface area (Å²) in [4.78, 5) is 16.6. The van der Waals surface area contributed by atoms with Gasteiger partial charge < -0.3 is 5.32 Å². The predicted molar refractivity (Wildman–Crippen MR) is 85.2 cm³/mol. The topological polar surface area (TPSA) is 42.0 Å². The minimum Gasteiger partial charge on any atom is -0.367 e. The summed E-state index contributed by atoms with van der Waals surface area (Å²) in [5, 5.41) is 3.49. The molecule has 0 aliphatic rings. The Kier molecular flexibility index (Phi) is 7.27. The number of rotatable bonds is 9. The molecule has 1 rings (SSSR count). The fourth-order valence-corrected chi connectivity index (χ4v) is 2.31. The van der Waals surface area contributed by atoms with E-state index in [2.05, 4.69) is 24.1 Å². The maximum absolute atomic E-state index is 12.2. The van der Waals surface area contributed by atoms with Crippen molar-refractivity contribution in [3.05, 3.63) is 23.9 Å². The molecule has 1 N–H and O–H groups in total. The summed E-state index contributed by atoms with van der Waals surface area (Å²) in [5.41, 5.74) is 0.722. The van der Waals surface area contributed by atoms with Crippen LogP contribution in [-0.2, 0) is 0 Å². The van der Waals surface area contributed by atoms with Crippen molar-refractivity contribution < 1.29 is 4.79 Å². The lowest BCUT2D eigenvalue weighted by atomic mass is 10.0. The second-order valence-corrected chi connectivity index (χ2v) is 5.69. The van der Waals surface area contributed by atoms with E-state index in [1.54, 1.807) is 6.20 Å². The first-order chi connectivity index (χ1) is 9.60. The highest BCUT2D eigenvalue weighted by atomic mass is 16.1. The number of unbranched alkanes of at least 4 members (excludes halogenated alkanes) is 1. The molecule has 0 aromatic carbocycles. The van der Waals surface area contributed by atoms with Gasteiger partial charge in [0.1, 0.15) is 5.82 Å². The van der Waals surface area contributed by atoms with Crippen molar-refractivity contribution in [1.29, 1.82) is 0 Å². The molecule has 112 valence electrons. The largest absolute Gasteiger partial charge is 0.367 e. The zero-order chi connectivity index (χ0) is 15.0. The van der Waals surface area contributed by atoms with E-state index in [4.69, 9.17) is 0 Å². The number of hydrogen-bond donors (Lipinski definition) is 1. The van der Waals surface area contributed by atoms with E-state index in [1.165, 1.54) is 12.8 Å². The molecule has 0 saturated carbocycles. The Hall–Kier alpha value is -1.38. The standard InChI is InChI=1S/C17H28N2O/c1-5-7-10-14(9-6-2)19-17-15(11-8-12-18-17)16(20)13(3)4/h8,11-14H,5-7,9-10H2,1-4H3,(H,18,19). The van der Waals surface area contributed by atoms with Gasteiger partial charge >= 0.3 is 0 Å². The molecule has 1 aromatic heterocycles. The Morgan fingerprint density at radius 2 is 2.00 bits per heavy atom. The van der Waals surface area contributed by atoms with Gasteiger partial charge in [-0.25, -0.2) is 4.98 Å². The van der Waals surface area contributed by atoms with Crippen molar-refractivity contribution in [2.24, 2.45) is 5.92 Å². The molecule has 0 aliphatic carbocycles. The zero-order valence-corrected chi connectivity index (χ0v) is 13.3. The molecule has 1 unspecified atom stereocenters. The van der Waals surface area contributed by atoms with Crippen molar-refractivity contribution in [2.75, 3.05) is 5.32 Å². The van der Waals surface area contributed by atoms with Crippen molar-refractivity contribution in [3.8, 4) is 0 Å². The number of carbonyl (C=O) groups excluding carboxylic acids is 1. The number of ketones is 1. The van der Waals surface area contributed by atoms with E-state index in [-0.39, 0.29) is 11.7 Å². The molecule has 1 atom stereocenters. The lowest BCUT2D eigenvalue weighted by Crippen LogP contribution is -2.22. The fourth-order valence-electron chi connectivity index (χ4n) is 2.31. The summed E-state index contributed by atoms with van der Waals surface area (Å²) >= 11 is 0. The molecule has 0 amide bonds. The Labute approximate surface area is 123 Å². The normalized spacial score (nSPS) is 12.4. The summed E-state index contributed by atoms with van der Waals surface area (Å²) in [6.45, 7) is 8.26. The predicted octanol–water partition coefficient (Wildman–Crippen LogP) is 4.69. The van der Waals surface area contributed by atoms with Gasteiger partial charge in [0.05, 0.1) is 5.56 Å². The zero-order valence-electron chi connectivity index (χ0n) is 13.3. The van der Waals surface area contributed by atoms with Crippen LogP contribution in [-0.4, -0.2) is 16.8 Å². The Balaban J connectivity index is 2.86. The van der Waals surface area contributed by atoms with E-state index in [1.807, 2.05) is 26.0 Å². The lowest BCUT2D eigenvalue weighted by Gasteiger charge is -2.20. The molecule has 1 aromatic rings. The van der Waals surface area contributed by atoms with E-state index in [0.29, 0.717) is 6.04 Å². The average molecular weight is 276 g/mol. The molecule has 20 heavy (non-hydrogen) atoms. The molecule has 0 radical (unpaired) electrons. The van der Waals surface area contributed by atoms with Gasteiger partial charge in [0.25, 0.3) is 0 Å². The van der Waals surface area contributed by atoms with Crippen molar-refractivity contribution in [2.45, 2.75) is 65.8 Å². The highest BCUT2D eigenvalue weighted by Gasteiger charge is 2.17. The summed E-state index contributed by atoms with van der Waals surface area (Å²) in [5.74, 6) is 0.909. The molecule has 3 heteroatoms. The van der Waals surface area contributed by atoms with Crippen LogP contribution >= 0.6 is 0 Å². The number of aromatic nitrogens is 1. The van der Waals surface area contributed by atoms with Gasteiger partial charge in [-0.2, -0.15) is 0 Å². The molecular weight excluding hydrogens is 248 g/mol. The van der Waals surface area contributed by atoms with Crippen LogP contribution in [0.15, 0.2) is 18.3 Å². The van der Waals surface area contributed by atoms with Gasteiger partial charge in [-0.3, -0.25) is 4.79 Å². The number of pyridine rings is 1. The Bertz CT molecular complexity index is 415. The fraction of sp³-hybridized carbons (Fsp3) is 0.647. The summed E-state index contributed by atoms with van der Waals surface area (Å²) < 4.78 is 0. The minimum atomic E-state index is 0.0000157. The quantitative estimate of drug-likeness (QED) is 0.665.